The van der Waals surface area contributed by atoms with Crippen LogP contribution in [0.2, 0.25) is 0 Å². The molecule has 1 aromatic heterocycles. The van der Waals surface area contributed by atoms with Crippen molar-refractivity contribution >= 4 is 0 Å². The van der Waals surface area contributed by atoms with Gasteiger partial charge in [0.25, 0.3) is 0 Å². The molecule has 4 N–H and O–H groups in total. The lowest BCUT2D eigenvalue weighted by atomic mass is 9.98. The van der Waals surface area contributed by atoms with Gasteiger partial charge in [-0.2, -0.15) is 0 Å². The summed E-state index contributed by atoms with van der Waals surface area (Å²) in [6.45, 7) is 1.50. The zero-order chi connectivity index (χ0) is 16.6. The Balaban J connectivity index is 1.85. The van der Waals surface area contributed by atoms with E-state index in [1.807, 2.05) is 31.2 Å². The standard InChI is InChI=1S/C15H19N3O5/c1-8-2-4-9(5-3-8)10-6-18(17-16-10)15-14(22)13(21)12(20)11(7-19)23-15/h2-6,11-15,19-22H,7H2,1H3. The summed E-state index contributed by atoms with van der Waals surface area (Å²) in [4.78, 5) is 0. The van der Waals surface area contributed by atoms with Crippen LogP contribution in [0.1, 0.15) is 11.8 Å². The second-order valence-electron chi connectivity index (χ2n) is 5.67. The Hall–Kier alpha value is -1.84. The van der Waals surface area contributed by atoms with Crippen LogP contribution in [0.3, 0.4) is 0 Å². The van der Waals surface area contributed by atoms with Crippen LogP contribution < -0.4 is 0 Å². The number of hydrogen-bond acceptors (Lipinski definition) is 7. The zero-order valence-corrected chi connectivity index (χ0v) is 12.5. The van der Waals surface area contributed by atoms with Crippen molar-refractivity contribution in [1.29, 1.82) is 0 Å². The molecule has 1 saturated heterocycles. The van der Waals surface area contributed by atoms with Gasteiger partial charge in [0.15, 0.2) is 6.23 Å². The van der Waals surface area contributed by atoms with E-state index in [0.29, 0.717) is 5.69 Å². The predicted octanol–water partition coefficient (Wildman–Crippen LogP) is -0.774. The van der Waals surface area contributed by atoms with Crippen LogP contribution in [0, 0.1) is 6.92 Å². The summed E-state index contributed by atoms with van der Waals surface area (Å²) in [5, 5.41) is 46.9. The lowest BCUT2D eigenvalue weighted by Gasteiger charge is -2.39. The molecule has 5 atom stereocenters. The Morgan fingerprint density at radius 3 is 2.43 bits per heavy atom. The number of aryl methyl sites for hydroxylation is 1. The quantitative estimate of drug-likeness (QED) is 0.585. The van der Waals surface area contributed by atoms with E-state index in [0.717, 1.165) is 11.1 Å². The maximum absolute atomic E-state index is 10.1. The van der Waals surface area contributed by atoms with Crippen molar-refractivity contribution in [3.63, 3.8) is 0 Å². The maximum Gasteiger partial charge on any atom is 0.180 e. The van der Waals surface area contributed by atoms with Crippen molar-refractivity contribution < 1.29 is 25.2 Å². The van der Waals surface area contributed by atoms with Gasteiger partial charge < -0.3 is 25.2 Å². The minimum absolute atomic E-state index is 0.485. The van der Waals surface area contributed by atoms with Crippen LogP contribution in [0.15, 0.2) is 30.5 Å². The van der Waals surface area contributed by atoms with Crippen molar-refractivity contribution in [1.82, 2.24) is 15.0 Å². The van der Waals surface area contributed by atoms with Gasteiger partial charge in [-0.25, -0.2) is 4.68 Å². The summed E-state index contributed by atoms with van der Waals surface area (Å²) in [6.07, 6.45) is -4.68. The molecule has 0 bridgehead atoms. The van der Waals surface area contributed by atoms with E-state index in [1.165, 1.54) is 4.68 Å². The molecule has 0 saturated carbocycles. The van der Waals surface area contributed by atoms with Crippen molar-refractivity contribution in [3.05, 3.63) is 36.0 Å². The first-order valence-electron chi connectivity index (χ1n) is 7.30. The fourth-order valence-corrected chi connectivity index (χ4v) is 2.56. The molecule has 0 amide bonds. The molecule has 1 aliphatic rings. The second kappa shape index (κ2) is 6.34. The Labute approximate surface area is 132 Å². The molecule has 8 nitrogen and oxygen atoms in total. The highest BCUT2D eigenvalue weighted by molar-refractivity contribution is 5.57. The van der Waals surface area contributed by atoms with Gasteiger partial charge in [0.1, 0.15) is 30.1 Å². The smallest absolute Gasteiger partial charge is 0.180 e. The largest absolute Gasteiger partial charge is 0.394 e. The van der Waals surface area contributed by atoms with Crippen LogP contribution >= 0.6 is 0 Å². The topological polar surface area (TPSA) is 121 Å². The van der Waals surface area contributed by atoms with Gasteiger partial charge in [-0.1, -0.05) is 35.0 Å². The first-order valence-corrected chi connectivity index (χ1v) is 7.30. The minimum Gasteiger partial charge on any atom is -0.394 e. The molecule has 3 rings (SSSR count). The summed E-state index contributed by atoms with van der Waals surface area (Å²) in [7, 11) is 0. The summed E-state index contributed by atoms with van der Waals surface area (Å²) in [5.41, 5.74) is 2.56. The first kappa shape index (κ1) is 16.0. The van der Waals surface area contributed by atoms with Crippen molar-refractivity contribution in [3.8, 4) is 11.3 Å². The molecule has 124 valence electrons. The molecule has 0 spiro atoms. The monoisotopic (exact) mass is 321 g/mol. The molecule has 1 fully saturated rings. The average Bonchev–Trinajstić information content (AvgIpc) is 3.03. The summed E-state index contributed by atoms with van der Waals surface area (Å²) in [5.74, 6) is 0. The van der Waals surface area contributed by atoms with Crippen molar-refractivity contribution in [2.75, 3.05) is 6.61 Å². The first-order chi connectivity index (χ1) is 11.0. The number of nitrogens with zero attached hydrogens (tertiary/aromatic N) is 3. The van der Waals surface area contributed by atoms with Gasteiger partial charge >= 0.3 is 0 Å². The highest BCUT2D eigenvalue weighted by Gasteiger charge is 2.44. The van der Waals surface area contributed by atoms with Crippen molar-refractivity contribution in [2.24, 2.45) is 0 Å². The van der Waals surface area contributed by atoms with E-state index >= 15 is 0 Å². The molecule has 8 heteroatoms. The molecular weight excluding hydrogens is 302 g/mol. The number of aromatic nitrogens is 3. The average molecular weight is 321 g/mol. The number of hydrogen-bond donors (Lipinski definition) is 4. The van der Waals surface area contributed by atoms with Gasteiger partial charge in [0.2, 0.25) is 0 Å². The Morgan fingerprint density at radius 1 is 1.09 bits per heavy atom. The summed E-state index contributed by atoms with van der Waals surface area (Å²) < 4.78 is 6.71. The molecule has 1 aliphatic heterocycles. The van der Waals surface area contributed by atoms with Crippen LogP contribution in [-0.4, -0.2) is 66.4 Å². The van der Waals surface area contributed by atoms with Gasteiger partial charge in [-0.15, -0.1) is 5.10 Å². The fourth-order valence-electron chi connectivity index (χ4n) is 2.56. The number of ether oxygens (including phenoxy) is 1. The van der Waals surface area contributed by atoms with E-state index in [9.17, 15) is 20.4 Å². The SMILES string of the molecule is Cc1ccc(-c2cn(C3OC(CO)C(O)C(O)C3O)nn2)cc1. The molecule has 2 aromatic rings. The summed E-state index contributed by atoms with van der Waals surface area (Å²) >= 11 is 0. The Kier molecular flexibility index (Phi) is 4.42. The normalized spacial score (nSPS) is 31.3. The molecule has 5 unspecified atom stereocenters. The number of benzene rings is 1. The highest BCUT2D eigenvalue weighted by atomic mass is 16.6. The van der Waals surface area contributed by atoms with Crippen LogP contribution in [-0.2, 0) is 4.74 Å². The van der Waals surface area contributed by atoms with Crippen LogP contribution in [0.5, 0.6) is 0 Å². The Bertz CT molecular complexity index is 657. The third-order valence-corrected chi connectivity index (χ3v) is 3.99. The van der Waals surface area contributed by atoms with E-state index in [4.69, 9.17) is 4.74 Å². The van der Waals surface area contributed by atoms with E-state index < -0.39 is 37.3 Å². The third-order valence-electron chi connectivity index (χ3n) is 3.99. The molecular formula is C15H19N3O5. The predicted molar refractivity (Wildman–Crippen MR) is 79.2 cm³/mol. The maximum atomic E-state index is 10.1. The fraction of sp³-hybridized carbons (Fsp3) is 0.467. The highest BCUT2D eigenvalue weighted by Crippen LogP contribution is 2.28. The van der Waals surface area contributed by atoms with Gasteiger partial charge in [0, 0.05) is 5.56 Å². The molecule has 2 heterocycles. The summed E-state index contributed by atoms with van der Waals surface area (Å²) in [6, 6.07) is 7.69. The van der Waals surface area contributed by atoms with E-state index in [2.05, 4.69) is 10.3 Å². The molecule has 1 aromatic carbocycles. The van der Waals surface area contributed by atoms with Crippen LogP contribution in [0.4, 0.5) is 0 Å². The van der Waals surface area contributed by atoms with E-state index in [-0.39, 0.29) is 0 Å². The lowest BCUT2D eigenvalue weighted by Crippen LogP contribution is -2.56. The van der Waals surface area contributed by atoms with Crippen LogP contribution in [0.25, 0.3) is 11.3 Å². The molecule has 23 heavy (non-hydrogen) atoms. The van der Waals surface area contributed by atoms with E-state index in [1.54, 1.807) is 6.20 Å². The Morgan fingerprint density at radius 2 is 1.78 bits per heavy atom. The minimum atomic E-state index is -1.45. The van der Waals surface area contributed by atoms with Gasteiger partial charge in [-0.3, -0.25) is 0 Å². The second-order valence-corrected chi connectivity index (χ2v) is 5.67. The van der Waals surface area contributed by atoms with Crippen molar-refractivity contribution in [2.45, 2.75) is 37.6 Å². The van der Waals surface area contributed by atoms with Gasteiger partial charge in [-0.05, 0) is 6.92 Å². The molecule has 0 radical (unpaired) electrons. The number of aliphatic hydroxyl groups excluding tert-OH is 4. The van der Waals surface area contributed by atoms with Gasteiger partial charge in [0.05, 0.1) is 12.8 Å². The zero-order valence-electron chi connectivity index (χ0n) is 12.5. The lowest BCUT2D eigenvalue weighted by molar-refractivity contribution is -0.254. The third kappa shape index (κ3) is 2.99. The number of rotatable bonds is 3. The molecule has 0 aliphatic carbocycles. The number of aliphatic hydroxyl groups is 4.